The summed E-state index contributed by atoms with van der Waals surface area (Å²) >= 11 is 0. The number of hydrogen-bond donors (Lipinski definition) is 1. The van der Waals surface area contributed by atoms with Gasteiger partial charge in [0.05, 0.1) is 12.2 Å². The monoisotopic (exact) mass is 225 g/mol. The van der Waals surface area contributed by atoms with Gasteiger partial charge in [-0.2, -0.15) is 0 Å². The summed E-state index contributed by atoms with van der Waals surface area (Å²) in [6, 6.07) is 0.393. The van der Waals surface area contributed by atoms with Gasteiger partial charge in [-0.25, -0.2) is 0 Å². The van der Waals surface area contributed by atoms with Crippen molar-refractivity contribution in [3.63, 3.8) is 0 Å². The average Bonchev–Trinajstić information content (AvgIpc) is 2.97. The van der Waals surface area contributed by atoms with Crippen molar-refractivity contribution < 1.29 is 9.47 Å². The molecule has 1 unspecified atom stereocenters. The van der Waals surface area contributed by atoms with Crippen molar-refractivity contribution in [2.24, 2.45) is 23.0 Å². The van der Waals surface area contributed by atoms with Gasteiger partial charge in [-0.15, -0.1) is 0 Å². The Kier molecular flexibility index (Phi) is 2.54. The highest BCUT2D eigenvalue weighted by Gasteiger charge is 2.61. The van der Waals surface area contributed by atoms with E-state index in [4.69, 9.17) is 15.2 Å². The molecule has 3 rings (SSSR count). The SMILES string of the molecule is CO[C@H]1CC2(C[C@@H]1OC)C1CC[C@H](C1)[C@@H]2N. The zero-order valence-electron chi connectivity index (χ0n) is 10.3. The van der Waals surface area contributed by atoms with Gasteiger partial charge in [0.2, 0.25) is 0 Å². The van der Waals surface area contributed by atoms with Crippen LogP contribution in [-0.2, 0) is 9.47 Å². The zero-order chi connectivity index (χ0) is 11.3. The van der Waals surface area contributed by atoms with E-state index in [2.05, 4.69) is 0 Å². The van der Waals surface area contributed by atoms with Crippen molar-refractivity contribution in [3.05, 3.63) is 0 Å². The fourth-order valence-electron chi connectivity index (χ4n) is 4.78. The molecule has 0 radical (unpaired) electrons. The molecule has 0 aromatic heterocycles. The lowest BCUT2D eigenvalue weighted by atomic mass is 9.69. The lowest BCUT2D eigenvalue weighted by molar-refractivity contribution is -0.0157. The number of rotatable bonds is 2. The van der Waals surface area contributed by atoms with Crippen LogP contribution in [0.2, 0.25) is 0 Å². The van der Waals surface area contributed by atoms with E-state index in [0.29, 0.717) is 11.5 Å². The average molecular weight is 225 g/mol. The maximum Gasteiger partial charge on any atom is 0.0838 e. The van der Waals surface area contributed by atoms with Gasteiger partial charge in [-0.05, 0) is 49.4 Å². The van der Waals surface area contributed by atoms with Crippen LogP contribution in [0.1, 0.15) is 32.1 Å². The Morgan fingerprint density at radius 2 is 1.69 bits per heavy atom. The molecule has 3 saturated carbocycles. The summed E-state index contributed by atoms with van der Waals surface area (Å²) in [4.78, 5) is 0. The molecule has 5 atom stereocenters. The number of hydrogen-bond acceptors (Lipinski definition) is 3. The summed E-state index contributed by atoms with van der Waals surface area (Å²) in [5.41, 5.74) is 6.82. The predicted molar refractivity (Wildman–Crippen MR) is 62.1 cm³/mol. The summed E-state index contributed by atoms with van der Waals surface area (Å²) in [5.74, 6) is 1.61. The van der Waals surface area contributed by atoms with E-state index >= 15 is 0 Å². The highest BCUT2D eigenvalue weighted by Crippen LogP contribution is 2.62. The molecule has 3 heteroatoms. The third kappa shape index (κ3) is 1.25. The Balaban J connectivity index is 1.85. The van der Waals surface area contributed by atoms with Crippen molar-refractivity contribution in [2.75, 3.05) is 14.2 Å². The van der Waals surface area contributed by atoms with E-state index in [0.717, 1.165) is 24.7 Å². The maximum absolute atomic E-state index is 6.48. The highest BCUT2D eigenvalue weighted by atomic mass is 16.5. The van der Waals surface area contributed by atoms with Gasteiger partial charge < -0.3 is 15.2 Å². The minimum absolute atomic E-state index is 0.260. The van der Waals surface area contributed by atoms with Crippen molar-refractivity contribution >= 4 is 0 Å². The second-order valence-electron chi connectivity index (χ2n) is 5.99. The maximum atomic E-state index is 6.48. The third-order valence-electron chi connectivity index (χ3n) is 5.64. The third-order valence-corrected chi connectivity index (χ3v) is 5.64. The Morgan fingerprint density at radius 1 is 1.06 bits per heavy atom. The van der Waals surface area contributed by atoms with Crippen molar-refractivity contribution in [2.45, 2.75) is 50.4 Å². The number of ether oxygens (including phenoxy) is 2. The summed E-state index contributed by atoms with van der Waals surface area (Å²) in [6.07, 6.45) is 6.84. The first-order valence-electron chi connectivity index (χ1n) is 6.52. The smallest absolute Gasteiger partial charge is 0.0838 e. The molecular weight excluding hydrogens is 202 g/mol. The molecule has 0 aromatic rings. The number of fused-ring (bicyclic) bond motifs is 3. The minimum atomic E-state index is 0.260. The molecule has 1 spiro atoms. The summed E-state index contributed by atoms with van der Waals surface area (Å²) in [7, 11) is 3.60. The summed E-state index contributed by atoms with van der Waals surface area (Å²) < 4.78 is 11.2. The molecule has 0 aromatic carbocycles. The normalized spacial score (nSPS) is 49.3. The quantitative estimate of drug-likeness (QED) is 0.775. The molecule has 2 N–H and O–H groups in total. The molecule has 3 fully saturated rings. The van der Waals surface area contributed by atoms with Crippen LogP contribution in [0.15, 0.2) is 0 Å². The molecule has 0 aliphatic heterocycles. The summed E-state index contributed by atoms with van der Waals surface area (Å²) in [5, 5.41) is 0. The standard InChI is InChI=1S/C13H23NO2/c1-15-10-6-13(7-11(10)16-2)9-4-3-8(5-9)12(13)14/h8-12H,3-7,14H2,1-2H3/t8-,9?,10+,11+,12+/m1/s1. The first-order valence-corrected chi connectivity index (χ1v) is 6.52. The molecule has 16 heavy (non-hydrogen) atoms. The van der Waals surface area contributed by atoms with Crippen molar-refractivity contribution in [1.29, 1.82) is 0 Å². The molecule has 3 aliphatic rings. The fourth-order valence-corrected chi connectivity index (χ4v) is 4.78. The largest absolute Gasteiger partial charge is 0.379 e. The molecular formula is C13H23NO2. The van der Waals surface area contributed by atoms with Gasteiger partial charge in [0, 0.05) is 20.3 Å². The zero-order valence-corrected chi connectivity index (χ0v) is 10.3. The molecule has 3 aliphatic carbocycles. The molecule has 0 amide bonds. The van der Waals surface area contributed by atoms with Crippen molar-refractivity contribution in [1.82, 2.24) is 0 Å². The van der Waals surface area contributed by atoms with Crippen LogP contribution in [-0.4, -0.2) is 32.5 Å². The van der Waals surface area contributed by atoms with Gasteiger partial charge in [-0.1, -0.05) is 0 Å². The highest BCUT2D eigenvalue weighted by molar-refractivity contribution is 5.13. The van der Waals surface area contributed by atoms with Crippen LogP contribution in [0.4, 0.5) is 0 Å². The minimum Gasteiger partial charge on any atom is -0.379 e. The molecule has 0 heterocycles. The van der Waals surface area contributed by atoms with Crippen LogP contribution in [0, 0.1) is 17.3 Å². The lowest BCUT2D eigenvalue weighted by Gasteiger charge is -2.39. The van der Waals surface area contributed by atoms with E-state index in [1.165, 1.54) is 19.3 Å². The molecule has 92 valence electrons. The molecule has 0 saturated heterocycles. The van der Waals surface area contributed by atoms with E-state index in [1.54, 1.807) is 14.2 Å². The van der Waals surface area contributed by atoms with E-state index in [9.17, 15) is 0 Å². The van der Waals surface area contributed by atoms with E-state index < -0.39 is 0 Å². The van der Waals surface area contributed by atoms with Crippen LogP contribution >= 0.6 is 0 Å². The van der Waals surface area contributed by atoms with Gasteiger partial charge in [-0.3, -0.25) is 0 Å². The van der Waals surface area contributed by atoms with E-state index in [1.807, 2.05) is 0 Å². The van der Waals surface area contributed by atoms with Crippen LogP contribution in [0.5, 0.6) is 0 Å². The Bertz CT molecular complexity index is 265. The Labute approximate surface area is 97.7 Å². The second kappa shape index (κ2) is 3.69. The van der Waals surface area contributed by atoms with Gasteiger partial charge in [0.15, 0.2) is 0 Å². The van der Waals surface area contributed by atoms with Crippen LogP contribution in [0.3, 0.4) is 0 Å². The van der Waals surface area contributed by atoms with Gasteiger partial charge in [0.25, 0.3) is 0 Å². The second-order valence-corrected chi connectivity index (χ2v) is 5.99. The topological polar surface area (TPSA) is 44.5 Å². The molecule has 2 bridgehead atoms. The number of methoxy groups -OCH3 is 2. The van der Waals surface area contributed by atoms with Gasteiger partial charge in [0.1, 0.15) is 0 Å². The Hall–Kier alpha value is -0.120. The fraction of sp³-hybridized carbons (Fsp3) is 1.00. The molecule has 3 nitrogen and oxygen atoms in total. The van der Waals surface area contributed by atoms with Crippen LogP contribution < -0.4 is 5.73 Å². The number of nitrogens with two attached hydrogens (primary N) is 1. The summed E-state index contributed by atoms with van der Waals surface area (Å²) in [6.45, 7) is 0. The first-order chi connectivity index (χ1) is 7.71. The Morgan fingerprint density at radius 3 is 2.12 bits per heavy atom. The van der Waals surface area contributed by atoms with Gasteiger partial charge >= 0.3 is 0 Å². The predicted octanol–water partition coefficient (Wildman–Crippen LogP) is 1.55. The van der Waals surface area contributed by atoms with Crippen LogP contribution in [0.25, 0.3) is 0 Å². The lowest BCUT2D eigenvalue weighted by Crippen LogP contribution is -2.45. The first kappa shape index (κ1) is 11.0. The van der Waals surface area contributed by atoms with E-state index in [-0.39, 0.29) is 12.2 Å². The van der Waals surface area contributed by atoms with Crippen molar-refractivity contribution in [3.8, 4) is 0 Å².